The van der Waals surface area contributed by atoms with Crippen LogP contribution < -0.4 is 5.56 Å². The van der Waals surface area contributed by atoms with Crippen LogP contribution in [0.5, 0.6) is 0 Å². The normalized spacial score (nSPS) is 16.5. The number of piperazine rings is 1. The standard InChI is InChI=1S/C19H21N5O3S/c1-15-6-8-16(9-7-15)28(26,27)23-12-10-22(11-13-23)14-24-19(25)17-4-2-3-5-18(17)20-21-24/h2-9H,10-14H2,1H3. The fourth-order valence-electron chi connectivity index (χ4n) is 3.28. The van der Waals surface area contributed by atoms with Crippen molar-refractivity contribution in [1.29, 1.82) is 0 Å². The minimum absolute atomic E-state index is 0.194. The molecule has 0 aliphatic carbocycles. The van der Waals surface area contributed by atoms with Gasteiger partial charge in [0.15, 0.2) is 0 Å². The van der Waals surface area contributed by atoms with Gasteiger partial charge in [0, 0.05) is 26.2 Å². The number of fused-ring (bicyclic) bond motifs is 1. The zero-order valence-electron chi connectivity index (χ0n) is 15.5. The minimum atomic E-state index is -3.50. The number of aromatic nitrogens is 3. The lowest BCUT2D eigenvalue weighted by Crippen LogP contribution is -2.49. The molecule has 1 aliphatic heterocycles. The minimum Gasteiger partial charge on any atom is -0.282 e. The lowest BCUT2D eigenvalue weighted by atomic mass is 10.2. The molecule has 8 nitrogen and oxygen atoms in total. The average molecular weight is 399 g/mol. The Morgan fingerprint density at radius 1 is 0.964 bits per heavy atom. The zero-order valence-corrected chi connectivity index (χ0v) is 16.3. The van der Waals surface area contributed by atoms with Gasteiger partial charge in [0.2, 0.25) is 10.0 Å². The third kappa shape index (κ3) is 3.56. The van der Waals surface area contributed by atoms with E-state index in [0.717, 1.165) is 5.56 Å². The Bertz CT molecular complexity index is 1150. The highest BCUT2D eigenvalue weighted by Gasteiger charge is 2.28. The van der Waals surface area contributed by atoms with Gasteiger partial charge >= 0.3 is 0 Å². The summed E-state index contributed by atoms with van der Waals surface area (Å²) in [5, 5.41) is 8.62. The molecule has 3 aromatic rings. The summed E-state index contributed by atoms with van der Waals surface area (Å²) in [6, 6.07) is 14.0. The molecule has 0 atom stereocenters. The second-order valence-electron chi connectivity index (χ2n) is 6.89. The van der Waals surface area contributed by atoms with Gasteiger partial charge < -0.3 is 0 Å². The van der Waals surface area contributed by atoms with Crippen LogP contribution in [0.25, 0.3) is 10.9 Å². The average Bonchev–Trinajstić information content (AvgIpc) is 2.71. The van der Waals surface area contributed by atoms with E-state index in [4.69, 9.17) is 0 Å². The SMILES string of the molecule is Cc1ccc(S(=O)(=O)N2CCN(Cn3nnc4ccccc4c3=O)CC2)cc1. The van der Waals surface area contributed by atoms with Crippen LogP contribution in [-0.2, 0) is 16.7 Å². The fraction of sp³-hybridized carbons (Fsp3) is 0.316. The summed E-state index contributed by atoms with van der Waals surface area (Å²) in [6.45, 7) is 3.98. The van der Waals surface area contributed by atoms with Crippen molar-refractivity contribution in [2.24, 2.45) is 0 Å². The van der Waals surface area contributed by atoms with E-state index >= 15 is 0 Å². The van der Waals surface area contributed by atoms with Crippen molar-refractivity contribution in [3.8, 4) is 0 Å². The second-order valence-corrected chi connectivity index (χ2v) is 8.83. The van der Waals surface area contributed by atoms with Crippen LogP contribution in [-0.4, -0.2) is 58.8 Å². The molecule has 4 rings (SSSR count). The largest absolute Gasteiger partial charge is 0.282 e. The zero-order chi connectivity index (χ0) is 19.7. The summed E-state index contributed by atoms with van der Waals surface area (Å²) in [7, 11) is -3.50. The van der Waals surface area contributed by atoms with Crippen LogP contribution in [0.15, 0.2) is 58.2 Å². The first-order valence-electron chi connectivity index (χ1n) is 9.07. The van der Waals surface area contributed by atoms with E-state index in [9.17, 15) is 13.2 Å². The topological polar surface area (TPSA) is 88.4 Å². The number of hydrogen-bond acceptors (Lipinski definition) is 6. The Kier molecular flexibility index (Phi) is 4.96. The van der Waals surface area contributed by atoms with Crippen molar-refractivity contribution in [1.82, 2.24) is 24.2 Å². The maximum Gasteiger partial charge on any atom is 0.278 e. The second kappa shape index (κ2) is 7.42. The van der Waals surface area contributed by atoms with Crippen molar-refractivity contribution in [2.45, 2.75) is 18.5 Å². The Morgan fingerprint density at radius 3 is 2.36 bits per heavy atom. The first-order valence-corrected chi connectivity index (χ1v) is 10.5. The summed E-state index contributed by atoms with van der Waals surface area (Å²) in [5.74, 6) is 0. The number of sulfonamides is 1. The van der Waals surface area contributed by atoms with Crippen molar-refractivity contribution in [3.63, 3.8) is 0 Å². The van der Waals surface area contributed by atoms with Gasteiger partial charge in [0.1, 0.15) is 5.52 Å². The van der Waals surface area contributed by atoms with Crippen molar-refractivity contribution in [3.05, 3.63) is 64.4 Å². The molecule has 1 saturated heterocycles. The van der Waals surface area contributed by atoms with Crippen molar-refractivity contribution < 1.29 is 8.42 Å². The van der Waals surface area contributed by atoms with Gasteiger partial charge in [-0.25, -0.2) is 8.42 Å². The lowest BCUT2D eigenvalue weighted by molar-refractivity contribution is 0.141. The molecule has 0 spiro atoms. The Balaban J connectivity index is 1.45. The number of benzene rings is 2. The van der Waals surface area contributed by atoms with Gasteiger partial charge in [0.05, 0.1) is 17.0 Å². The highest BCUT2D eigenvalue weighted by molar-refractivity contribution is 7.89. The third-order valence-corrected chi connectivity index (χ3v) is 6.87. The summed E-state index contributed by atoms with van der Waals surface area (Å²) in [6.07, 6.45) is 0. The molecule has 1 aromatic heterocycles. The highest BCUT2D eigenvalue weighted by Crippen LogP contribution is 2.18. The monoisotopic (exact) mass is 399 g/mol. The molecular formula is C19H21N5O3S. The predicted octanol–water partition coefficient (Wildman–Crippen LogP) is 1.06. The third-order valence-electron chi connectivity index (χ3n) is 4.95. The van der Waals surface area contributed by atoms with Gasteiger partial charge in [0.25, 0.3) is 5.56 Å². The molecular weight excluding hydrogens is 378 g/mol. The molecule has 1 fully saturated rings. The molecule has 9 heteroatoms. The molecule has 0 N–H and O–H groups in total. The van der Waals surface area contributed by atoms with Crippen LogP contribution in [0, 0.1) is 6.92 Å². The maximum atomic E-state index is 12.8. The van der Waals surface area contributed by atoms with E-state index in [2.05, 4.69) is 10.3 Å². The molecule has 0 unspecified atom stereocenters. The molecule has 146 valence electrons. The first kappa shape index (κ1) is 18.7. The smallest absolute Gasteiger partial charge is 0.278 e. The molecule has 2 heterocycles. The van der Waals surface area contributed by atoms with Crippen LogP contribution in [0.1, 0.15) is 5.56 Å². The highest BCUT2D eigenvalue weighted by atomic mass is 32.2. The van der Waals surface area contributed by atoms with Gasteiger partial charge in [-0.1, -0.05) is 35.0 Å². The number of rotatable bonds is 4. The number of hydrogen-bond donors (Lipinski definition) is 0. The number of aryl methyl sites for hydroxylation is 1. The summed E-state index contributed by atoms with van der Waals surface area (Å²) < 4.78 is 28.4. The van der Waals surface area contributed by atoms with Gasteiger partial charge in [-0.05, 0) is 31.2 Å². The fourth-order valence-corrected chi connectivity index (χ4v) is 4.70. The van der Waals surface area contributed by atoms with E-state index in [1.54, 1.807) is 42.5 Å². The van der Waals surface area contributed by atoms with E-state index in [1.165, 1.54) is 8.99 Å². The molecule has 0 radical (unpaired) electrons. The number of nitrogens with zero attached hydrogens (tertiary/aromatic N) is 5. The van der Waals surface area contributed by atoms with Crippen LogP contribution in [0.2, 0.25) is 0 Å². The Morgan fingerprint density at radius 2 is 1.64 bits per heavy atom. The van der Waals surface area contributed by atoms with Gasteiger partial charge in [-0.2, -0.15) is 8.99 Å². The molecule has 2 aromatic carbocycles. The van der Waals surface area contributed by atoms with Crippen molar-refractivity contribution in [2.75, 3.05) is 26.2 Å². The molecule has 0 amide bonds. The van der Waals surface area contributed by atoms with Crippen LogP contribution >= 0.6 is 0 Å². The van der Waals surface area contributed by atoms with E-state index in [-0.39, 0.29) is 12.2 Å². The van der Waals surface area contributed by atoms with Crippen LogP contribution in [0.3, 0.4) is 0 Å². The van der Waals surface area contributed by atoms with E-state index in [1.807, 2.05) is 17.9 Å². The van der Waals surface area contributed by atoms with Gasteiger partial charge in [-0.15, -0.1) is 5.10 Å². The molecule has 28 heavy (non-hydrogen) atoms. The molecule has 1 aliphatic rings. The summed E-state index contributed by atoms with van der Waals surface area (Å²) >= 11 is 0. The maximum absolute atomic E-state index is 12.8. The molecule has 0 bridgehead atoms. The first-order chi connectivity index (χ1) is 13.4. The Labute approximate surface area is 163 Å². The Hall–Kier alpha value is -2.62. The summed E-state index contributed by atoms with van der Waals surface area (Å²) in [5.41, 5.74) is 1.39. The van der Waals surface area contributed by atoms with E-state index in [0.29, 0.717) is 42.0 Å². The van der Waals surface area contributed by atoms with Gasteiger partial charge in [-0.3, -0.25) is 9.69 Å². The summed E-state index contributed by atoms with van der Waals surface area (Å²) in [4.78, 5) is 14.9. The lowest BCUT2D eigenvalue weighted by Gasteiger charge is -2.33. The van der Waals surface area contributed by atoms with Crippen molar-refractivity contribution >= 4 is 20.9 Å². The molecule has 0 saturated carbocycles. The quantitative estimate of drug-likeness (QED) is 0.652. The van der Waals surface area contributed by atoms with E-state index < -0.39 is 10.0 Å². The van der Waals surface area contributed by atoms with Crippen LogP contribution in [0.4, 0.5) is 0 Å². The predicted molar refractivity (Wildman–Crippen MR) is 105 cm³/mol.